The van der Waals surface area contributed by atoms with Crippen molar-refractivity contribution in [2.24, 2.45) is 22.7 Å². The fourth-order valence-corrected chi connectivity index (χ4v) is 4.64. The van der Waals surface area contributed by atoms with E-state index in [-0.39, 0.29) is 33.7 Å². The Balaban J connectivity index is 1.94. The van der Waals surface area contributed by atoms with Gasteiger partial charge in [0.1, 0.15) is 0 Å². The third-order valence-electron chi connectivity index (χ3n) is 7.23. The molecule has 4 heteroatoms. The molecule has 4 nitrogen and oxygen atoms in total. The Morgan fingerprint density at radius 2 is 1.56 bits per heavy atom. The van der Waals surface area contributed by atoms with E-state index >= 15 is 0 Å². The highest BCUT2D eigenvalue weighted by Crippen LogP contribution is 2.48. The summed E-state index contributed by atoms with van der Waals surface area (Å²) in [4.78, 5) is 25.5. The molecule has 2 fully saturated rings. The van der Waals surface area contributed by atoms with Crippen LogP contribution in [0.5, 0.6) is 0 Å². The van der Waals surface area contributed by atoms with Gasteiger partial charge in [0.15, 0.2) is 0 Å². The molecular weight excluding hydrogens is 336 g/mol. The minimum absolute atomic E-state index is 0.0519. The van der Waals surface area contributed by atoms with E-state index in [0.29, 0.717) is 11.8 Å². The SMILES string of the molecule is CCC1(NC(=O)C(C)(C)CC2CC(NC(=O)C(C)(C)C)(C(C)C)C2)CCC1. The van der Waals surface area contributed by atoms with Gasteiger partial charge in [0.2, 0.25) is 11.8 Å². The maximum Gasteiger partial charge on any atom is 0.226 e. The predicted molar refractivity (Wildman–Crippen MR) is 111 cm³/mol. The van der Waals surface area contributed by atoms with Crippen molar-refractivity contribution in [1.29, 1.82) is 0 Å². The van der Waals surface area contributed by atoms with Crippen molar-refractivity contribution in [3.63, 3.8) is 0 Å². The summed E-state index contributed by atoms with van der Waals surface area (Å²) in [5, 5.41) is 6.70. The van der Waals surface area contributed by atoms with Gasteiger partial charge in [-0.3, -0.25) is 9.59 Å². The van der Waals surface area contributed by atoms with Crippen LogP contribution in [0.2, 0.25) is 0 Å². The Hall–Kier alpha value is -1.06. The second-order valence-electron chi connectivity index (χ2n) is 11.3. The van der Waals surface area contributed by atoms with Gasteiger partial charge in [-0.15, -0.1) is 0 Å². The van der Waals surface area contributed by atoms with Crippen LogP contribution in [0.4, 0.5) is 0 Å². The maximum atomic E-state index is 12.9. The molecule has 0 radical (unpaired) electrons. The molecule has 2 aliphatic rings. The summed E-state index contributed by atoms with van der Waals surface area (Å²) in [5.41, 5.74) is -0.792. The van der Waals surface area contributed by atoms with E-state index in [4.69, 9.17) is 0 Å². The minimum Gasteiger partial charge on any atom is -0.350 e. The van der Waals surface area contributed by atoms with Crippen LogP contribution in [0.3, 0.4) is 0 Å². The van der Waals surface area contributed by atoms with E-state index in [1.165, 1.54) is 6.42 Å². The first kappa shape index (κ1) is 22.2. The molecule has 0 unspecified atom stereocenters. The van der Waals surface area contributed by atoms with Crippen molar-refractivity contribution < 1.29 is 9.59 Å². The number of carbonyl (C=O) groups is 2. The molecule has 0 atom stereocenters. The summed E-state index contributed by atoms with van der Waals surface area (Å²) in [7, 11) is 0. The van der Waals surface area contributed by atoms with Crippen LogP contribution in [0, 0.1) is 22.7 Å². The smallest absolute Gasteiger partial charge is 0.226 e. The fraction of sp³-hybridized carbons (Fsp3) is 0.913. The standard InChI is InChI=1S/C23H42N2O2/c1-9-22(11-10-12-22)24-19(27)21(7,8)13-17-14-23(15-17,16(2)3)25-18(26)20(4,5)6/h16-17H,9-15H2,1-8H3,(H,24,27)(H,25,26). The van der Waals surface area contributed by atoms with Crippen molar-refractivity contribution in [2.75, 3.05) is 0 Å². The molecule has 0 aliphatic heterocycles. The van der Waals surface area contributed by atoms with Gasteiger partial charge < -0.3 is 10.6 Å². The topological polar surface area (TPSA) is 58.2 Å². The number of rotatable bonds is 7. The largest absolute Gasteiger partial charge is 0.350 e. The molecule has 2 saturated carbocycles. The highest BCUT2D eigenvalue weighted by Gasteiger charge is 2.50. The van der Waals surface area contributed by atoms with Crippen molar-refractivity contribution >= 4 is 11.8 Å². The normalized spacial score (nSPS) is 27.5. The Bertz CT molecular complexity index is 556. The lowest BCUT2D eigenvalue weighted by Crippen LogP contribution is -2.63. The van der Waals surface area contributed by atoms with Crippen molar-refractivity contribution in [3.8, 4) is 0 Å². The molecule has 0 aromatic heterocycles. The molecule has 0 saturated heterocycles. The first-order chi connectivity index (χ1) is 12.3. The second kappa shape index (κ2) is 7.40. The number of hydrogen-bond acceptors (Lipinski definition) is 2. The van der Waals surface area contributed by atoms with Crippen LogP contribution in [-0.4, -0.2) is 22.9 Å². The molecule has 0 aromatic rings. The number of nitrogens with one attached hydrogen (secondary N) is 2. The average molecular weight is 379 g/mol. The van der Waals surface area contributed by atoms with Gasteiger partial charge in [0.25, 0.3) is 0 Å². The molecule has 0 aromatic carbocycles. The molecule has 27 heavy (non-hydrogen) atoms. The minimum atomic E-state index is -0.372. The van der Waals surface area contributed by atoms with Crippen LogP contribution in [0.1, 0.15) is 100 Å². The van der Waals surface area contributed by atoms with E-state index in [1.54, 1.807) is 0 Å². The Kier molecular flexibility index (Phi) is 6.10. The molecule has 0 spiro atoms. The Labute approximate surface area is 166 Å². The van der Waals surface area contributed by atoms with E-state index in [2.05, 4.69) is 45.3 Å². The lowest BCUT2D eigenvalue weighted by atomic mass is 9.58. The molecule has 2 amide bonds. The Morgan fingerprint density at radius 1 is 1.00 bits per heavy atom. The van der Waals surface area contributed by atoms with E-state index < -0.39 is 0 Å². The summed E-state index contributed by atoms with van der Waals surface area (Å²) < 4.78 is 0. The second-order valence-corrected chi connectivity index (χ2v) is 11.3. The van der Waals surface area contributed by atoms with Crippen LogP contribution in [0.25, 0.3) is 0 Å². The van der Waals surface area contributed by atoms with Gasteiger partial charge in [0, 0.05) is 21.9 Å². The van der Waals surface area contributed by atoms with E-state index in [1.807, 2.05) is 20.8 Å². The van der Waals surface area contributed by atoms with Crippen LogP contribution >= 0.6 is 0 Å². The third-order valence-corrected chi connectivity index (χ3v) is 7.23. The van der Waals surface area contributed by atoms with Crippen molar-refractivity contribution in [1.82, 2.24) is 10.6 Å². The van der Waals surface area contributed by atoms with Crippen LogP contribution in [0.15, 0.2) is 0 Å². The summed E-state index contributed by atoms with van der Waals surface area (Å²) in [5.74, 6) is 1.22. The molecule has 0 bridgehead atoms. The van der Waals surface area contributed by atoms with E-state index in [9.17, 15) is 9.59 Å². The molecule has 0 heterocycles. The zero-order chi connectivity index (χ0) is 20.7. The molecule has 2 rings (SSSR count). The first-order valence-corrected chi connectivity index (χ1v) is 10.9. The number of hydrogen-bond donors (Lipinski definition) is 2. The maximum absolute atomic E-state index is 12.9. The highest BCUT2D eigenvalue weighted by atomic mass is 16.2. The quantitative estimate of drug-likeness (QED) is 0.667. The van der Waals surface area contributed by atoms with Crippen molar-refractivity contribution in [2.45, 2.75) is 111 Å². The van der Waals surface area contributed by atoms with Gasteiger partial charge in [0.05, 0.1) is 0 Å². The summed E-state index contributed by atoms with van der Waals surface area (Å²) in [6.45, 7) is 16.6. The Morgan fingerprint density at radius 3 is 1.93 bits per heavy atom. The summed E-state index contributed by atoms with van der Waals surface area (Å²) >= 11 is 0. The lowest BCUT2D eigenvalue weighted by molar-refractivity contribution is -0.138. The summed E-state index contributed by atoms with van der Waals surface area (Å²) in [6.07, 6.45) is 7.31. The van der Waals surface area contributed by atoms with Gasteiger partial charge in [-0.2, -0.15) is 0 Å². The summed E-state index contributed by atoms with van der Waals surface area (Å²) in [6, 6.07) is 0. The number of carbonyl (C=O) groups excluding carboxylic acids is 2. The molecule has 2 N–H and O–H groups in total. The zero-order valence-corrected chi connectivity index (χ0v) is 18.9. The molecule has 2 aliphatic carbocycles. The van der Waals surface area contributed by atoms with Gasteiger partial charge in [-0.05, 0) is 56.8 Å². The lowest BCUT2D eigenvalue weighted by Gasteiger charge is -2.53. The van der Waals surface area contributed by atoms with Crippen LogP contribution in [-0.2, 0) is 9.59 Å². The monoisotopic (exact) mass is 378 g/mol. The van der Waals surface area contributed by atoms with Gasteiger partial charge in [-0.1, -0.05) is 55.4 Å². The van der Waals surface area contributed by atoms with Crippen molar-refractivity contribution in [3.05, 3.63) is 0 Å². The molecule has 156 valence electrons. The zero-order valence-electron chi connectivity index (χ0n) is 18.9. The fourth-order valence-electron chi connectivity index (χ4n) is 4.64. The molecular formula is C23H42N2O2. The van der Waals surface area contributed by atoms with Crippen LogP contribution < -0.4 is 10.6 Å². The average Bonchev–Trinajstić information content (AvgIpc) is 2.46. The third kappa shape index (κ3) is 4.68. The van der Waals surface area contributed by atoms with E-state index in [0.717, 1.165) is 38.5 Å². The highest BCUT2D eigenvalue weighted by molar-refractivity contribution is 5.83. The van der Waals surface area contributed by atoms with Gasteiger partial charge in [-0.25, -0.2) is 0 Å². The number of amides is 2. The predicted octanol–water partition coefficient (Wildman–Crippen LogP) is 4.82. The first-order valence-electron chi connectivity index (χ1n) is 10.9. The van der Waals surface area contributed by atoms with Gasteiger partial charge >= 0.3 is 0 Å².